The summed E-state index contributed by atoms with van der Waals surface area (Å²) < 4.78 is 0. The van der Waals surface area contributed by atoms with Gasteiger partial charge in [0.15, 0.2) is 0 Å². The van der Waals surface area contributed by atoms with Crippen LogP contribution in [-0.4, -0.2) is 30.1 Å². The highest BCUT2D eigenvalue weighted by atomic mass is 15.2. The Morgan fingerprint density at radius 3 is 2.17 bits per heavy atom. The molecule has 18 heavy (non-hydrogen) atoms. The van der Waals surface area contributed by atoms with Crippen LogP contribution in [0.4, 0.5) is 0 Å². The quantitative estimate of drug-likeness (QED) is 0.749. The summed E-state index contributed by atoms with van der Waals surface area (Å²) >= 11 is 0. The molecule has 0 aliphatic heterocycles. The molecule has 0 bridgehead atoms. The van der Waals surface area contributed by atoms with E-state index in [4.69, 9.17) is 5.73 Å². The highest BCUT2D eigenvalue weighted by molar-refractivity contribution is 4.86. The van der Waals surface area contributed by atoms with E-state index in [2.05, 4.69) is 32.7 Å². The van der Waals surface area contributed by atoms with Gasteiger partial charge in [-0.15, -0.1) is 0 Å². The number of rotatable bonds is 7. The normalized spacial score (nSPS) is 28.3. The molecule has 108 valence electrons. The molecule has 1 rings (SSSR count). The number of likely N-dealkylation sites (N-methyl/N-ethyl adjacent to an activating group) is 1. The fourth-order valence-corrected chi connectivity index (χ4v) is 3.65. The van der Waals surface area contributed by atoms with E-state index in [1.807, 2.05) is 0 Å². The first-order valence-electron chi connectivity index (χ1n) is 8.11. The SMILES string of the molecule is CCCC(N)C(CC)N(C)C1CCC(CC)CC1. The molecule has 1 saturated carbocycles. The lowest BCUT2D eigenvalue weighted by Crippen LogP contribution is -2.50. The van der Waals surface area contributed by atoms with Gasteiger partial charge in [0.1, 0.15) is 0 Å². The van der Waals surface area contributed by atoms with E-state index in [9.17, 15) is 0 Å². The van der Waals surface area contributed by atoms with Gasteiger partial charge >= 0.3 is 0 Å². The first-order valence-corrected chi connectivity index (χ1v) is 8.11. The molecule has 0 radical (unpaired) electrons. The standard InChI is InChI=1S/C16H34N2/c1-5-8-15(17)16(7-3)18(4)14-11-9-13(6-2)10-12-14/h13-16H,5-12,17H2,1-4H3. The van der Waals surface area contributed by atoms with E-state index in [0.29, 0.717) is 12.1 Å². The maximum atomic E-state index is 6.36. The summed E-state index contributed by atoms with van der Waals surface area (Å²) in [5.41, 5.74) is 6.36. The van der Waals surface area contributed by atoms with Crippen molar-refractivity contribution in [2.75, 3.05) is 7.05 Å². The zero-order valence-corrected chi connectivity index (χ0v) is 13.0. The van der Waals surface area contributed by atoms with Gasteiger partial charge in [-0.05, 0) is 51.5 Å². The fraction of sp³-hybridized carbons (Fsp3) is 1.00. The van der Waals surface area contributed by atoms with Crippen molar-refractivity contribution in [2.45, 2.75) is 90.3 Å². The van der Waals surface area contributed by atoms with Crippen LogP contribution < -0.4 is 5.73 Å². The van der Waals surface area contributed by atoms with Crippen molar-refractivity contribution in [1.82, 2.24) is 4.90 Å². The van der Waals surface area contributed by atoms with Crippen LogP contribution in [0.25, 0.3) is 0 Å². The lowest BCUT2D eigenvalue weighted by atomic mass is 9.83. The Labute approximate surface area is 114 Å². The minimum atomic E-state index is 0.355. The molecule has 1 aliphatic carbocycles. The summed E-state index contributed by atoms with van der Waals surface area (Å²) in [7, 11) is 2.31. The van der Waals surface area contributed by atoms with Crippen LogP contribution in [0.3, 0.4) is 0 Å². The predicted octanol–water partition coefficient (Wildman–Crippen LogP) is 3.79. The second kappa shape index (κ2) is 8.16. The van der Waals surface area contributed by atoms with Gasteiger partial charge in [-0.1, -0.05) is 33.6 Å². The first-order chi connectivity index (χ1) is 8.63. The van der Waals surface area contributed by atoms with Crippen LogP contribution in [0.2, 0.25) is 0 Å². The van der Waals surface area contributed by atoms with Crippen LogP contribution in [-0.2, 0) is 0 Å². The van der Waals surface area contributed by atoms with Crippen molar-refractivity contribution in [1.29, 1.82) is 0 Å². The summed E-state index contributed by atoms with van der Waals surface area (Å²) in [6, 6.07) is 1.71. The number of hydrogen-bond acceptors (Lipinski definition) is 2. The predicted molar refractivity (Wildman–Crippen MR) is 80.8 cm³/mol. The van der Waals surface area contributed by atoms with Crippen molar-refractivity contribution in [2.24, 2.45) is 11.7 Å². The Morgan fingerprint density at radius 2 is 1.72 bits per heavy atom. The van der Waals surface area contributed by atoms with Gasteiger partial charge in [-0.3, -0.25) is 4.90 Å². The third-order valence-corrected chi connectivity index (χ3v) is 5.03. The van der Waals surface area contributed by atoms with E-state index < -0.39 is 0 Å². The summed E-state index contributed by atoms with van der Waals surface area (Å²) in [6.07, 6.45) is 10.5. The molecule has 0 saturated heterocycles. The molecular formula is C16H34N2. The van der Waals surface area contributed by atoms with Gasteiger partial charge in [-0.25, -0.2) is 0 Å². The van der Waals surface area contributed by atoms with Gasteiger partial charge in [0.2, 0.25) is 0 Å². The van der Waals surface area contributed by atoms with Crippen molar-refractivity contribution >= 4 is 0 Å². The molecule has 2 heteroatoms. The molecule has 0 aromatic rings. The number of nitrogens with zero attached hydrogens (tertiary/aromatic N) is 1. The molecule has 2 unspecified atom stereocenters. The van der Waals surface area contributed by atoms with E-state index in [0.717, 1.165) is 18.4 Å². The third-order valence-electron chi connectivity index (χ3n) is 5.03. The van der Waals surface area contributed by atoms with Gasteiger partial charge in [0.05, 0.1) is 0 Å². The van der Waals surface area contributed by atoms with Gasteiger partial charge < -0.3 is 5.73 Å². The maximum Gasteiger partial charge on any atom is 0.0244 e. The highest BCUT2D eigenvalue weighted by Crippen LogP contribution is 2.30. The number of hydrogen-bond donors (Lipinski definition) is 1. The Hall–Kier alpha value is -0.0800. The summed E-state index contributed by atoms with van der Waals surface area (Å²) in [5.74, 6) is 0.985. The van der Waals surface area contributed by atoms with Crippen LogP contribution in [0, 0.1) is 5.92 Å². The maximum absolute atomic E-state index is 6.36. The van der Waals surface area contributed by atoms with E-state index in [1.54, 1.807) is 0 Å². The molecular weight excluding hydrogens is 220 g/mol. The Kier molecular flexibility index (Phi) is 7.25. The zero-order valence-electron chi connectivity index (χ0n) is 13.0. The molecule has 2 nitrogen and oxygen atoms in total. The van der Waals surface area contributed by atoms with Gasteiger partial charge in [0.25, 0.3) is 0 Å². The molecule has 1 fully saturated rings. The second-order valence-corrected chi connectivity index (χ2v) is 6.18. The van der Waals surface area contributed by atoms with Gasteiger partial charge in [-0.2, -0.15) is 0 Å². The first kappa shape index (κ1) is 16.0. The molecule has 0 heterocycles. The molecule has 0 amide bonds. The molecule has 2 N–H and O–H groups in total. The van der Waals surface area contributed by atoms with Crippen molar-refractivity contribution in [3.05, 3.63) is 0 Å². The topological polar surface area (TPSA) is 29.3 Å². The fourth-order valence-electron chi connectivity index (χ4n) is 3.65. The monoisotopic (exact) mass is 254 g/mol. The highest BCUT2D eigenvalue weighted by Gasteiger charge is 2.29. The number of nitrogens with two attached hydrogens (primary N) is 1. The third kappa shape index (κ3) is 4.24. The molecule has 2 atom stereocenters. The van der Waals surface area contributed by atoms with Crippen molar-refractivity contribution < 1.29 is 0 Å². The van der Waals surface area contributed by atoms with E-state index >= 15 is 0 Å². The Morgan fingerprint density at radius 1 is 1.11 bits per heavy atom. The van der Waals surface area contributed by atoms with Crippen molar-refractivity contribution in [3.63, 3.8) is 0 Å². The van der Waals surface area contributed by atoms with Crippen LogP contribution in [0.1, 0.15) is 72.1 Å². The van der Waals surface area contributed by atoms with E-state index in [-0.39, 0.29) is 0 Å². The lowest BCUT2D eigenvalue weighted by molar-refractivity contribution is 0.0997. The average Bonchev–Trinajstić information content (AvgIpc) is 2.40. The van der Waals surface area contributed by atoms with Crippen LogP contribution >= 0.6 is 0 Å². The zero-order chi connectivity index (χ0) is 13.5. The average molecular weight is 254 g/mol. The lowest BCUT2D eigenvalue weighted by Gasteiger charge is -2.41. The Balaban J connectivity index is 2.48. The smallest absolute Gasteiger partial charge is 0.0244 e. The minimum absolute atomic E-state index is 0.355. The second-order valence-electron chi connectivity index (χ2n) is 6.18. The van der Waals surface area contributed by atoms with Gasteiger partial charge in [0, 0.05) is 18.1 Å². The van der Waals surface area contributed by atoms with E-state index in [1.165, 1.54) is 44.9 Å². The Bertz CT molecular complexity index is 209. The van der Waals surface area contributed by atoms with Crippen LogP contribution in [0.15, 0.2) is 0 Å². The largest absolute Gasteiger partial charge is 0.326 e. The minimum Gasteiger partial charge on any atom is -0.326 e. The molecule has 1 aliphatic rings. The van der Waals surface area contributed by atoms with Crippen LogP contribution in [0.5, 0.6) is 0 Å². The molecule has 0 spiro atoms. The van der Waals surface area contributed by atoms with Crippen molar-refractivity contribution in [3.8, 4) is 0 Å². The summed E-state index contributed by atoms with van der Waals surface area (Å²) in [5, 5.41) is 0. The molecule has 0 aromatic carbocycles. The molecule has 0 aromatic heterocycles. The summed E-state index contributed by atoms with van der Waals surface area (Å²) in [4.78, 5) is 2.60. The summed E-state index contributed by atoms with van der Waals surface area (Å²) in [6.45, 7) is 6.86.